The van der Waals surface area contributed by atoms with Gasteiger partial charge >= 0.3 is 0 Å². The summed E-state index contributed by atoms with van der Waals surface area (Å²) in [5, 5.41) is 7.44. The Labute approximate surface area is 105 Å². The molecule has 0 amide bonds. The van der Waals surface area contributed by atoms with Crippen molar-refractivity contribution in [2.24, 2.45) is 7.05 Å². The lowest BCUT2D eigenvalue weighted by Gasteiger charge is -2.05. The maximum Gasteiger partial charge on any atom is 0.128 e. The number of nitrogens with one attached hydrogen (secondary N) is 1. The third-order valence-electron chi connectivity index (χ3n) is 2.77. The first-order chi connectivity index (χ1) is 8.65. The summed E-state index contributed by atoms with van der Waals surface area (Å²) >= 11 is 0. The number of methoxy groups -OCH3 is 1. The molecule has 4 nitrogen and oxygen atoms in total. The first-order valence-electron chi connectivity index (χ1n) is 5.67. The van der Waals surface area contributed by atoms with Gasteiger partial charge in [-0.25, -0.2) is 4.39 Å². The van der Waals surface area contributed by atoms with E-state index in [1.807, 2.05) is 20.2 Å². The summed E-state index contributed by atoms with van der Waals surface area (Å²) in [4.78, 5) is 0. The smallest absolute Gasteiger partial charge is 0.128 e. The number of aromatic nitrogens is 2. The molecule has 2 rings (SSSR count). The largest absolute Gasteiger partial charge is 0.496 e. The van der Waals surface area contributed by atoms with E-state index in [-0.39, 0.29) is 5.82 Å². The van der Waals surface area contributed by atoms with Crippen LogP contribution in [0.2, 0.25) is 0 Å². The number of rotatable bonds is 4. The van der Waals surface area contributed by atoms with Crippen molar-refractivity contribution < 1.29 is 9.13 Å². The molecule has 0 aliphatic heterocycles. The minimum atomic E-state index is -0.299. The Morgan fingerprint density at radius 1 is 1.39 bits per heavy atom. The monoisotopic (exact) mass is 249 g/mol. The molecule has 1 aromatic heterocycles. The van der Waals surface area contributed by atoms with Crippen LogP contribution in [0.3, 0.4) is 0 Å². The molecule has 1 heterocycles. The fourth-order valence-corrected chi connectivity index (χ4v) is 1.86. The first kappa shape index (κ1) is 12.6. The minimum absolute atomic E-state index is 0.299. The highest BCUT2D eigenvalue weighted by Crippen LogP contribution is 2.29. The maximum atomic E-state index is 13.3. The maximum absolute atomic E-state index is 13.3. The molecule has 0 spiro atoms. The molecular formula is C13H16FN3O. The number of hydrogen-bond acceptors (Lipinski definition) is 3. The average molecular weight is 249 g/mol. The molecule has 18 heavy (non-hydrogen) atoms. The lowest BCUT2D eigenvalue weighted by Crippen LogP contribution is -2.09. The lowest BCUT2D eigenvalue weighted by molar-refractivity contribution is 0.415. The zero-order valence-corrected chi connectivity index (χ0v) is 10.7. The number of ether oxygens (including phenoxy) is 1. The summed E-state index contributed by atoms with van der Waals surface area (Å²) in [6.07, 6.45) is 0. The van der Waals surface area contributed by atoms with Crippen LogP contribution >= 0.6 is 0 Å². The highest BCUT2D eigenvalue weighted by Gasteiger charge is 2.12. The Kier molecular flexibility index (Phi) is 3.62. The van der Waals surface area contributed by atoms with E-state index in [0.29, 0.717) is 23.6 Å². The second-order valence-electron chi connectivity index (χ2n) is 4.02. The molecule has 2 aromatic rings. The van der Waals surface area contributed by atoms with Crippen LogP contribution in [-0.2, 0) is 13.6 Å². The molecule has 0 radical (unpaired) electrons. The summed E-state index contributed by atoms with van der Waals surface area (Å²) in [5.41, 5.74) is 2.40. The Balaban J connectivity index is 2.47. The Morgan fingerprint density at radius 2 is 2.17 bits per heavy atom. The van der Waals surface area contributed by atoms with Crippen molar-refractivity contribution in [3.63, 3.8) is 0 Å². The van der Waals surface area contributed by atoms with Gasteiger partial charge in [0.05, 0.1) is 18.5 Å². The van der Waals surface area contributed by atoms with Gasteiger partial charge in [0.1, 0.15) is 11.6 Å². The van der Waals surface area contributed by atoms with Crippen LogP contribution in [0.15, 0.2) is 24.3 Å². The van der Waals surface area contributed by atoms with Gasteiger partial charge in [-0.15, -0.1) is 0 Å². The molecule has 0 fully saturated rings. The van der Waals surface area contributed by atoms with Crippen LogP contribution in [0.4, 0.5) is 4.39 Å². The lowest BCUT2D eigenvalue weighted by atomic mass is 10.1. The highest BCUT2D eigenvalue weighted by atomic mass is 19.1. The van der Waals surface area contributed by atoms with Gasteiger partial charge in [-0.3, -0.25) is 4.68 Å². The normalized spacial score (nSPS) is 10.7. The quantitative estimate of drug-likeness (QED) is 0.900. The number of nitrogens with zero attached hydrogens (tertiary/aromatic N) is 2. The number of halogens is 1. The molecule has 0 unspecified atom stereocenters. The average Bonchev–Trinajstić information content (AvgIpc) is 2.71. The molecule has 0 saturated heterocycles. The molecular weight excluding hydrogens is 233 g/mol. The van der Waals surface area contributed by atoms with Crippen LogP contribution in [0, 0.1) is 5.82 Å². The highest BCUT2D eigenvalue weighted by molar-refractivity contribution is 5.67. The third kappa shape index (κ3) is 2.36. The predicted octanol–water partition coefficient (Wildman–Crippen LogP) is 1.95. The Morgan fingerprint density at radius 3 is 2.83 bits per heavy atom. The van der Waals surface area contributed by atoms with Crippen molar-refractivity contribution in [1.82, 2.24) is 15.1 Å². The molecule has 96 valence electrons. The van der Waals surface area contributed by atoms with Gasteiger partial charge in [0.2, 0.25) is 0 Å². The van der Waals surface area contributed by atoms with Crippen LogP contribution in [0.25, 0.3) is 11.3 Å². The molecule has 0 saturated carbocycles. The van der Waals surface area contributed by atoms with Crippen molar-refractivity contribution in [3.05, 3.63) is 35.8 Å². The SMILES string of the molecule is CNCc1cc(-c2cc(F)ccc2OC)nn1C. The van der Waals surface area contributed by atoms with Gasteiger partial charge in [0.15, 0.2) is 0 Å². The minimum Gasteiger partial charge on any atom is -0.496 e. The second kappa shape index (κ2) is 5.18. The Hall–Kier alpha value is -1.88. The van der Waals surface area contributed by atoms with E-state index in [9.17, 15) is 4.39 Å². The van der Waals surface area contributed by atoms with Crippen molar-refractivity contribution in [1.29, 1.82) is 0 Å². The standard InChI is InChI=1S/C13H16FN3O/c1-15-8-10-7-12(16-17(10)2)11-6-9(14)4-5-13(11)18-3/h4-7,15H,8H2,1-3H3. The summed E-state index contributed by atoms with van der Waals surface area (Å²) in [7, 11) is 5.30. The van der Waals surface area contributed by atoms with E-state index in [1.165, 1.54) is 12.1 Å². The van der Waals surface area contributed by atoms with Gasteiger partial charge in [-0.05, 0) is 31.3 Å². The van der Waals surface area contributed by atoms with Crippen LogP contribution in [-0.4, -0.2) is 23.9 Å². The van der Waals surface area contributed by atoms with E-state index in [0.717, 1.165) is 5.69 Å². The summed E-state index contributed by atoms with van der Waals surface area (Å²) in [5.74, 6) is 0.317. The fourth-order valence-electron chi connectivity index (χ4n) is 1.86. The van der Waals surface area contributed by atoms with Gasteiger partial charge in [0, 0.05) is 19.2 Å². The van der Waals surface area contributed by atoms with Crippen molar-refractivity contribution in [2.75, 3.05) is 14.2 Å². The molecule has 1 N–H and O–H groups in total. The predicted molar refractivity (Wildman–Crippen MR) is 67.9 cm³/mol. The summed E-state index contributed by atoms with van der Waals surface area (Å²) < 4.78 is 20.3. The van der Waals surface area contributed by atoms with E-state index in [2.05, 4.69) is 10.4 Å². The van der Waals surface area contributed by atoms with Gasteiger partial charge in [-0.1, -0.05) is 0 Å². The molecule has 0 aliphatic carbocycles. The molecule has 1 aromatic carbocycles. The van der Waals surface area contributed by atoms with Crippen molar-refractivity contribution in [3.8, 4) is 17.0 Å². The van der Waals surface area contributed by atoms with E-state index in [1.54, 1.807) is 17.9 Å². The zero-order chi connectivity index (χ0) is 13.1. The number of benzene rings is 1. The van der Waals surface area contributed by atoms with E-state index in [4.69, 9.17) is 4.74 Å². The van der Waals surface area contributed by atoms with Gasteiger partial charge in [0.25, 0.3) is 0 Å². The fraction of sp³-hybridized carbons (Fsp3) is 0.308. The number of aryl methyl sites for hydroxylation is 1. The van der Waals surface area contributed by atoms with Crippen molar-refractivity contribution in [2.45, 2.75) is 6.54 Å². The number of hydrogen-bond donors (Lipinski definition) is 1. The Bertz CT molecular complexity index is 551. The van der Waals surface area contributed by atoms with Crippen molar-refractivity contribution >= 4 is 0 Å². The summed E-state index contributed by atoms with van der Waals surface area (Å²) in [6.45, 7) is 0.709. The van der Waals surface area contributed by atoms with E-state index < -0.39 is 0 Å². The molecule has 0 aliphatic rings. The molecule has 5 heteroatoms. The zero-order valence-electron chi connectivity index (χ0n) is 10.7. The first-order valence-corrected chi connectivity index (χ1v) is 5.67. The van der Waals surface area contributed by atoms with Gasteiger partial charge < -0.3 is 10.1 Å². The van der Waals surface area contributed by atoms with E-state index >= 15 is 0 Å². The molecule has 0 atom stereocenters. The van der Waals surface area contributed by atoms with Crippen LogP contribution < -0.4 is 10.1 Å². The van der Waals surface area contributed by atoms with Crippen LogP contribution in [0.1, 0.15) is 5.69 Å². The molecule has 0 bridgehead atoms. The topological polar surface area (TPSA) is 39.1 Å². The summed E-state index contributed by atoms with van der Waals surface area (Å²) in [6, 6.07) is 6.34. The third-order valence-corrected chi connectivity index (χ3v) is 2.77. The van der Waals surface area contributed by atoms with Gasteiger partial charge in [-0.2, -0.15) is 5.10 Å². The van der Waals surface area contributed by atoms with Crippen LogP contribution in [0.5, 0.6) is 5.75 Å². The second-order valence-corrected chi connectivity index (χ2v) is 4.02.